The van der Waals surface area contributed by atoms with Crippen LogP contribution in [0.5, 0.6) is 11.5 Å². The number of carbonyl (C=O) groups excluding carboxylic acids is 2. The number of benzene rings is 1. The standard InChI is InChI=1S/C21H25NO5/c1-5-27-21(24)17-12(2)22-14-9-7-10-15(23)19(14)18(17)13-8-6-11-16(25-3)20(13)26-4/h6,8,11,17-18,22H,2,5,7,9-10H2,1,3-4H3. The Morgan fingerprint density at radius 1 is 1.26 bits per heavy atom. The average molecular weight is 371 g/mol. The normalized spacial score (nSPS) is 22.0. The smallest absolute Gasteiger partial charge is 0.315 e. The van der Waals surface area contributed by atoms with Crippen molar-refractivity contribution in [3.8, 4) is 11.5 Å². The Hall–Kier alpha value is -2.76. The first kappa shape index (κ1) is 19.0. The highest BCUT2D eigenvalue weighted by Gasteiger charge is 2.45. The fourth-order valence-corrected chi connectivity index (χ4v) is 4.00. The summed E-state index contributed by atoms with van der Waals surface area (Å²) in [5, 5.41) is 3.20. The van der Waals surface area contributed by atoms with Gasteiger partial charge in [-0.3, -0.25) is 9.59 Å². The Morgan fingerprint density at radius 2 is 2.04 bits per heavy atom. The number of ketones is 1. The van der Waals surface area contributed by atoms with Crippen LogP contribution in [0.4, 0.5) is 0 Å². The molecular weight excluding hydrogens is 346 g/mol. The van der Waals surface area contributed by atoms with Gasteiger partial charge in [0.2, 0.25) is 0 Å². The summed E-state index contributed by atoms with van der Waals surface area (Å²) in [4.78, 5) is 25.6. The van der Waals surface area contributed by atoms with E-state index in [1.54, 1.807) is 27.2 Å². The van der Waals surface area contributed by atoms with Gasteiger partial charge in [-0.05, 0) is 25.8 Å². The molecule has 0 saturated heterocycles. The first-order valence-electron chi connectivity index (χ1n) is 9.13. The third kappa shape index (κ3) is 3.31. The zero-order chi connectivity index (χ0) is 19.6. The zero-order valence-corrected chi connectivity index (χ0v) is 16.0. The average Bonchev–Trinajstić information content (AvgIpc) is 2.66. The van der Waals surface area contributed by atoms with Crippen molar-refractivity contribution in [3.63, 3.8) is 0 Å². The van der Waals surface area contributed by atoms with Crippen molar-refractivity contribution in [2.24, 2.45) is 5.92 Å². The first-order chi connectivity index (χ1) is 13.0. The van der Waals surface area contributed by atoms with E-state index in [2.05, 4.69) is 11.9 Å². The van der Waals surface area contributed by atoms with Gasteiger partial charge in [-0.15, -0.1) is 0 Å². The van der Waals surface area contributed by atoms with E-state index in [-0.39, 0.29) is 12.4 Å². The minimum absolute atomic E-state index is 0.0421. The third-order valence-corrected chi connectivity index (χ3v) is 5.10. The van der Waals surface area contributed by atoms with Crippen molar-refractivity contribution in [1.82, 2.24) is 5.32 Å². The molecule has 0 amide bonds. The van der Waals surface area contributed by atoms with Crippen LogP contribution in [0.15, 0.2) is 41.7 Å². The molecule has 2 atom stereocenters. The van der Waals surface area contributed by atoms with Gasteiger partial charge in [0.1, 0.15) is 5.92 Å². The number of esters is 1. The van der Waals surface area contributed by atoms with Gasteiger partial charge < -0.3 is 19.5 Å². The number of nitrogens with one attached hydrogen (secondary N) is 1. The summed E-state index contributed by atoms with van der Waals surface area (Å²) in [5.41, 5.74) is 2.72. The lowest BCUT2D eigenvalue weighted by Gasteiger charge is -2.38. The van der Waals surface area contributed by atoms with Crippen LogP contribution in [0.2, 0.25) is 0 Å². The molecule has 0 bridgehead atoms. The second kappa shape index (κ2) is 7.86. The number of rotatable bonds is 5. The molecule has 3 rings (SSSR count). The van der Waals surface area contributed by atoms with Gasteiger partial charge in [-0.2, -0.15) is 0 Å². The Labute approximate surface area is 159 Å². The highest BCUT2D eigenvalue weighted by molar-refractivity contribution is 6.00. The molecular formula is C21H25NO5. The first-order valence-corrected chi connectivity index (χ1v) is 9.13. The van der Waals surface area contributed by atoms with Crippen LogP contribution in [0, 0.1) is 5.92 Å². The van der Waals surface area contributed by atoms with Crippen molar-refractivity contribution in [1.29, 1.82) is 0 Å². The molecule has 27 heavy (non-hydrogen) atoms. The lowest BCUT2D eigenvalue weighted by Crippen LogP contribution is -2.41. The molecule has 1 heterocycles. The van der Waals surface area contributed by atoms with Crippen LogP contribution >= 0.6 is 0 Å². The SMILES string of the molecule is C=C1NC2=C(C(=O)CCC2)C(c2cccc(OC)c2OC)C1C(=O)OCC. The summed E-state index contributed by atoms with van der Waals surface area (Å²) in [6.07, 6.45) is 1.99. The van der Waals surface area contributed by atoms with E-state index in [9.17, 15) is 9.59 Å². The number of hydrogen-bond donors (Lipinski definition) is 1. The summed E-state index contributed by atoms with van der Waals surface area (Å²) in [6.45, 7) is 6.07. The minimum Gasteiger partial charge on any atom is -0.493 e. The third-order valence-electron chi connectivity index (χ3n) is 5.10. The summed E-state index contributed by atoms with van der Waals surface area (Å²) >= 11 is 0. The summed E-state index contributed by atoms with van der Waals surface area (Å²) in [5.74, 6) is -0.543. The van der Waals surface area contributed by atoms with Crippen molar-refractivity contribution >= 4 is 11.8 Å². The second-order valence-electron chi connectivity index (χ2n) is 6.61. The van der Waals surface area contributed by atoms with Gasteiger partial charge in [0.15, 0.2) is 17.3 Å². The van der Waals surface area contributed by atoms with E-state index in [4.69, 9.17) is 14.2 Å². The highest BCUT2D eigenvalue weighted by Crippen LogP contribution is 2.48. The van der Waals surface area contributed by atoms with Crippen molar-refractivity contribution < 1.29 is 23.8 Å². The molecule has 0 spiro atoms. The Balaban J connectivity index is 2.23. The van der Waals surface area contributed by atoms with Crippen molar-refractivity contribution in [3.05, 3.63) is 47.3 Å². The minimum atomic E-state index is -0.716. The van der Waals surface area contributed by atoms with Crippen LogP contribution < -0.4 is 14.8 Å². The van der Waals surface area contributed by atoms with Crippen LogP contribution in [0.1, 0.15) is 37.7 Å². The molecule has 1 aliphatic heterocycles. The molecule has 1 aromatic rings. The second-order valence-corrected chi connectivity index (χ2v) is 6.61. The molecule has 0 aromatic heterocycles. The van der Waals surface area contributed by atoms with Crippen molar-refractivity contribution in [2.75, 3.05) is 20.8 Å². The number of Topliss-reactive ketones (excluding diaryl/α,β-unsaturated/α-hetero) is 1. The molecule has 1 N–H and O–H groups in total. The fraction of sp³-hybridized carbons (Fsp3) is 0.429. The number of carbonyl (C=O) groups is 2. The molecule has 0 fully saturated rings. The Kier molecular flexibility index (Phi) is 5.54. The molecule has 6 nitrogen and oxygen atoms in total. The lowest BCUT2D eigenvalue weighted by atomic mass is 9.71. The molecule has 144 valence electrons. The maximum Gasteiger partial charge on any atom is 0.315 e. The maximum absolute atomic E-state index is 12.8. The van der Waals surface area contributed by atoms with E-state index in [0.717, 1.165) is 24.1 Å². The summed E-state index contributed by atoms with van der Waals surface area (Å²) in [7, 11) is 3.11. The largest absolute Gasteiger partial charge is 0.493 e. The Morgan fingerprint density at radius 3 is 2.70 bits per heavy atom. The molecule has 1 aromatic carbocycles. The maximum atomic E-state index is 12.8. The van der Waals surface area contributed by atoms with E-state index in [1.807, 2.05) is 12.1 Å². The molecule has 0 radical (unpaired) electrons. The van der Waals surface area contributed by atoms with E-state index in [0.29, 0.717) is 29.2 Å². The Bertz CT molecular complexity index is 811. The van der Waals surface area contributed by atoms with Crippen LogP contribution in [0.3, 0.4) is 0 Å². The molecule has 2 unspecified atom stereocenters. The van der Waals surface area contributed by atoms with Crippen LogP contribution in [-0.2, 0) is 14.3 Å². The highest BCUT2D eigenvalue weighted by atomic mass is 16.5. The predicted octanol–water partition coefficient (Wildman–Crippen LogP) is 3.09. The van der Waals surface area contributed by atoms with Crippen molar-refractivity contribution in [2.45, 2.75) is 32.1 Å². The lowest BCUT2D eigenvalue weighted by molar-refractivity contribution is -0.147. The van der Waals surface area contributed by atoms with E-state index in [1.165, 1.54) is 0 Å². The van der Waals surface area contributed by atoms with Gasteiger partial charge in [0, 0.05) is 34.9 Å². The number of hydrogen-bond acceptors (Lipinski definition) is 6. The molecule has 1 aliphatic carbocycles. The predicted molar refractivity (Wildman–Crippen MR) is 101 cm³/mol. The topological polar surface area (TPSA) is 73.9 Å². The zero-order valence-electron chi connectivity index (χ0n) is 16.0. The van der Waals surface area contributed by atoms with Crippen LogP contribution in [-0.4, -0.2) is 32.6 Å². The van der Waals surface area contributed by atoms with Gasteiger partial charge in [-0.1, -0.05) is 18.7 Å². The molecule has 6 heteroatoms. The van der Waals surface area contributed by atoms with Crippen LogP contribution in [0.25, 0.3) is 0 Å². The number of para-hydroxylation sites is 1. The monoisotopic (exact) mass is 371 g/mol. The molecule has 0 saturated carbocycles. The van der Waals surface area contributed by atoms with Gasteiger partial charge in [0.05, 0.1) is 20.8 Å². The summed E-state index contributed by atoms with van der Waals surface area (Å²) < 4.78 is 16.3. The van der Waals surface area contributed by atoms with E-state index < -0.39 is 17.8 Å². The van der Waals surface area contributed by atoms with Gasteiger partial charge >= 0.3 is 5.97 Å². The number of ether oxygens (including phenoxy) is 3. The number of methoxy groups -OCH3 is 2. The van der Waals surface area contributed by atoms with E-state index >= 15 is 0 Å². The van der Waals surface area contributed by atoms with Gasteiger partial charge in [0.25, 0.3) is 0 Å². The quantitative estimate of drug-likeness (QED) is 0.802. The van der Waals surface area contributed by atoms with Gasteiger partial charge in [-0.25, -0.2) is 0 Å². The number of allylic oxidation sites excluding steroid dienone is 2. The molecule has 2 aliphatic rings. The fourth-order valence-electron chi connectivity index (χ4n) is 4.00. The summed E-state index contributed by atoms with van der Waals surface area (Å²) in [6, 6.07) is 5.48.